The summed E-state index contributed by atoms with van der Waals surface area (Å²) in [6, 6.07) is 10.2. The van der Waals surface area contributed by atoms with Crippen LogP contribution in [0.3, 0.4) is 0 Å². The fraction of sp³-hybridized carbons (Fsp3) is 0.231. The zero-order valence-corrected chi connectivity index (χ0v) is 12.6. The van der Waals surface area contributed by atoms with Gasteiger partial charge in [-0.1, -0.05) is 17.3 Å². The van der Waals surface area contributed by atoms with Crippen LogP contribution in [-0.4, -0.2) is 21.5 Å². The second kappa shape index (κ2) is 5.81. The highest BCUT2D eigenvalue weighted by atomic mass is 79.9. The predicted molar refractivity (Wildman–Crippen MR) is 81.3 cm³/mol. The average molecular weight is 337 g/mol. The lowest BCUT2D eigenvalue weighted by Crippen LogP contribution is -2.19. The lowest BCUT2D eigenvalue weighted by Gasteiger charge is -2.03. The van der Waals surface area contributed by atoms with Gasteiger partial charge in [-0.2, -0.15) is 0 Å². The summed E-state index contributed by atoms with van der Waals surface area (Å²) in [7, 11) is 0. The van der Waals surface area contributed by atoms with Gasteiger partial charge in [0.2, 0.25) is 0 Å². The maximum Gasteiger partial charge on any atom is 0.113 e. The van der Waals surface area contributed by atoms with Crippen LogP contribution in [0, 0.1) is 0 Å². The lowest BCUT2D eigenvalue weighted by molar-refractivity contribution is 0.554. The first-order valence-corrected chi connectivity index (χ1v) is 7.72. The van der Waals surface area contributed by atoms with Gasteiger partial charge < -0.3 is 5.32 Å². The number of benzene rings is 1. The van der Waals surface area contributed by atoms with Crippen molar-refractivity contribution in [3.05, 3.63) is 45.1 Å². The number of nitrogens with zero attached hydrogens (tertiary/aromatic N) is 3. The Morgan fingerprint density at radius 3 is 3.05 bits per heavy atom. The Bertz CT molecular complexity index is 676. The van der Waals surface area contributed by atoms with Gasteiger partial charge in [0.1, 0.15) is 5.52 Å². The van der Waals surface area contributed by atoms with E-state index in [9.17, 15) is 0 Å². The van der Waals surface area contributed by atoms with Crippen LogP contribution >= 0.6 is 27.3 Å². The fourth-order valence-corrected chi connectivity index (χ4v) is 3.35. The van der Waals surface area contributed by atoms with Crippen LogP contribution in [0.5, 0.6) is 0 Å². The Hall–Kier alpha value is -1.24. The van der Waals surface area contributed by atoms with Crippen molar-refractivity contribution in [3.8, 4) is 0 Å². The van der Waals surface area contributed by atoms with Crippen molar-refractivity contribution in [1.29, 1.82) is 0 Å². The molecule has 6 heteroatoms. The van der Waals surface area contributed by atoms with E-state index >= 15 is 0 Å². The van der Waals surface area contributed by atoms with Crippen LogP contribution in [0.25, 0.3) is 11.0 Å². The monoisotopic (exact) mass is 336 g/mol. The molecule has 0 spiro atoms. The maximum atomic E-state index is 4.17. The van der Waals surface area contributed by atoms with Crippen LogP contribution in [0.15, 0.2) is 40.2 Å². The van der Waals surface area contributed by atoms with Gasteiger partial charge in [0.15, 0.2) is 0 Å². The van der Waals surface area contributed by atoms with E-state index in [1.165, 1.54) is 4.88 Å². The third kappa shape index (κ3) is 3.02. The molecule has 0 aliphatic heterocycles. The molecule has 1 N–H and O–H groups in total. The zero-order valence-electron chi connectivity index (χ0n) is 10.2. The SMILES string of the molecule is Brc1csc(CNCCn2nnc3ccccc32)c1. The second-order valence-corrected chi connectivity index (χ2v) is 6.12. The van der Waals surface area contributed by atoms with Crippen molar-refractivity contribution in [3.63, 3.8) is 0 Å². The third-order valence-corrected chi connectivity index (χ3v) is 4.54. The van der Waals surface area contributed by atoms with E-state index in [0.29, 0.717) is 0 Å². The van der Waals surface area contributed by atoms with Gasteiger partial charge >= 0.3 is 0 Å². The number of nitrogens with one attached hydrogen (secondary N) is 1. The normalized spacial score (nSPS) is 11.2. The molecule has 2 aromatic heterocycles. The smallest absolute Gasteiger partial charge is 0.113 e. The first-order chi connectivity index (χ1) is 9.33. The molecule has 2 heterocycles. The first-order valence-electron chi connectivity index (χ1n) is 6.05. The minimum Gasteiger partial charge on any atom is -0.310 e. The van der Waals surface area contributed by atoms with Crippen LogP contribution < -0.4 is 5.32 Å². The van der Waals surface area contributed by atoms with Crippen molar-refractivity contribution in [2.45, 2.75) is 13.1 Å². The molecule has 0 fully saturated rings. The number of fused-ring (bicyclic) bond motifs is 1. The van der Waals surface area contributed by atoms with E-state index in [2.05, 4.69) is 43.0 Å². The summed E-state index contributed by atoms with van der Waals surface area (Å²) in [6.07, 6.45) is 0. The number of hydrogen-bond acceptors (Lipinski definition) is 4. The molecule has 0 aliphatic carbocycles. The summed E-state index contributed by atoms with van der Waals surface area (Å²) in [5.41, 5.74) is 2.04. The molecular formula is C13H13BrN4S. The maximum absolute atomic E-state index is 4.17. The average Bonchev–Trinajstić information content (AvgIpc) is 3.02. The molecule has 19 heavy (non-hydrogen) atoms. The molecule has 4 nitrogen and oxygen atoms in total. The Morgan fingerprint density at radius 1 is 1.32 bits per heavy atom. The van der Waals surface area contributed by atoms with E-state index in [1.54, 1.807) is 11.3 Å². The van der Waals surface area contributed by atoms with Crippen molar-refractivity contribution < 1.29 is 0 Å². The molecule has 0 aliphatic rings. The number of hydrogen-bond donors (Lipinski definition) is 1. The van der Waals surface area contributed by atoms with E-state index in [-0.39, 0.29) is 0 Å². The molecule has 3 aromatic rings. The highest BCUT2D eigenvalue weighted by Crippen LogP contribution is 2.19. The van der Waals surface area contributed by atoms with Gasteiger partial charge in [-0.15, -0.1) is 16.4 Å². The second-order valence-electron chi connectivity index (χ2n) is 4.21. The summed E-state index contributed by atoms with van der Waals surface area (Å²) < 4.78 is 3.09. The Kier molecular flexibility index (Phi) is 3.91. The summed E-state index contributed by atoms with van der Waals surface area (Å²) in [5, 5.41) is 13.8. The highest BCUT2D eigenvalue weighted by Gasteiger charge is 2.02. The fourth-order valence-electron chi connectivity index (χ4n) is 1.93. The minimum absolute atomic E-state index is 0.826. The number of aromatic nitrogens is 3. The molecule has 0 atom stereocenters. The van der Waals surface area contributed by atoms with Crippen molar-refractivity contribution >= 4 is 38.3 Å². The Morgan fingerprint density at radius 2 is 2.21 bits per heavy atom. The third-order valence-electron chi connectivity index (χ3n) is 2.84. The van der Waals surface area contributed by atoms with Gasteiger partial charge in [0.25, 0.3) is 0 Å². The molecule has 98 valence electrons. The van der Waals surface area contributed by atoms with Crippen LogP contribution in [-0.2, 0) is 13.1 Å². The van der Waals surface area contributed by atoms with Crippen LogP contribution in [0.1, 0.15) is 4.88 Å². The molecule has 0 bridgehead atoms. The first kappa shape index (κ1) is 12.8. The van der Waals surface area contributed by atoms with Crippen LogP contribution in [0.2, 0.25) is 0 Å². The zero-order chi connectivity index (χ0) is 13.1. The predicted octanol–water partition coefficient (Wildman–Crippen LogP) is 3.05. The van der Waals surface area contributed by atoms with E-state index in [1.807, 2.05) is 28.9 Å². The van der Waals surface area contributed by atoms with Gasteiger partial charge in [0, 0.05) is 27.8 Å². The number of thiophene rings is 1. The van der Waals surface area contributed by atoms with E-state index in [4.69, 9.17) is 0 Å². The van der Waals surface area contributed by atoms with Crippen molar-refractivity contribution in [2.75, 3.05) is 6.54 Å². The molecule has 3 rings (SSSR count). The van der Waals surface area contributed by atoms with Gasteiger partial charge in [0.05, 0.1) is 12.1 Å². The van der Waals surface area contributed by atoms with E-state index in [0.717, 1.165) is 35.1 Å². The van der Waals surface area contributed by atoms with Crippen molar-refractivity contribution in [2.24, 2.45) is 0 Å². The highest BCUT2D eigenvalue weighted by molar-refractivity contribution is 9.10. The quantitative estimate of drug-likeness (QED) is 0.728. The molecule has 0 unspecified atom stereocenters. The largest absolute Gasteiger partial charge is 0.310 e. The van der Waals surface area contributed by atoms with Gasteiger partial charge in [-0.3, -0.25) is 0 Å². The van der Waals surface area contributed by atoms with E-state index < -0.39 is 0 Å². The number of rotatable bonds is 5. The minimum atomic E-state index is 0.826. The summed E-state index contributed by atoms with van der Waals surface area (Å²) in [4.78, 5) is 1.33. The molecule has 0 radical (unpaired) electrons. The Balaban J connectivity index is 1.55. The summed E-state index contributed by atoms with van der Waals surface area (Å²) in [6.45, 7) is 2.60. The standard InChI is InChI=1S/C13H13BrN4S/c14-10-7-11(19-9-10)8-15-5-6-18-13-4-2-1-3-12(13)16-17-18/h1-4,7,9,15H,5-6,8H2. The number of halogens is 1. The summed E-state index contributed by atoms with van der Waals surface area (Å²) >= 11 is 5.22. The molecule has 0 saturated heterocycles. The van der Waals surface area contributed by atoms with Gasteiger partial charge in [-0.25, -0.2) is 4.68 Å². The molecule has 1 aromatic carbocycles. The topological polar surface area (TPSA) is 42.7 Å². The summed E-state index contributed by atoms with van der Waals surface area (Å²) in [5.74, 6) is 0. The van der Waals surface area contributed by atoms with Crippen LogP contribution in [0.4, 0.5) is 0 Å². The lowest BCUT2D eigenvalue weighted by atomic mass is 10.3. The Labute approximate surface area is 123 Å². The molecular weight excluding hydrogens is 324 g/mol. The number of para-hydroxylation sites is 1. The van der Waals surface area contributed by atoms with Crippen molar-refractivity contribution in [1.82, 2.24) is 20.3 Å². The molecule has 0 amide bonds. The van der Waals surface area contributed by atoms with Gasteiger partial charge in [-0.05, 0) is 34.1 Å². The molecule has 0 saturated carbocycles.